The van der Waals surface area contributed by atoms with Gasteiger partial charge in [0.1, 0.15) is 0 Å². The first-order valence-corrected chi connectivity index (χ1v) is 8.21. The Morgan fingerprint density at radius 2 is 1.00 bits per heavy atom. The first kappa shape index (κ1) is 22.7. The number of thiol groups is 1. The number of rotatable bonds is 14. The molecular weight excluding hydrogens is 283 g/mol. The minimum Gasteiger partial charge on any atom is -0.550 e. The van der Waals surface area contributed by atoms with Gasteiger partial charge in [0.2, 0.25) is 0 Å². The Morgan fingerprint density at radius 3 is 1.32 bits per heavy atom. The van der Waals surface area contributed by atoms with Crippen LogP contribution in [0.5, 0.6) is 0 Å². The summed E-state index contributed by atoms with van der Waals surface area (Å²) in [5.74, 6) is 0.116. The second kappa shape index (κ2) is 19.5. The molecule has 108 valence electrons. The summed E-state index contributed by atoms with van der Waals surface area (Å²) in [5.41, 5.74) is 0. The van der Waals surface area contributed by atoms with E-state index >= 15 is 0 Å². The van der Waals surface area contributed by atoms with Crippen molar-refractivity contribution >= 4 is 18.6 Å². The molecular formula is C15H29KO2S. The molecule has 0 spiro atoms. The summed E-state index contributed by atoms with van der Waals surface area (Å²) < 4.78 is 0. The van der Waals surface area contributed by atoms with E-state index in [1.54, 1.807) is 0 Å². The van der Waals surface area contributed by atoms with Crippen molar-refractivity contribution in [1.29, 1.82) is 0 Å². The van der Waals surface area contributed by atoms with Gasteiger partial charge in [0.05, 0.1) is 0 Å². The van der Waals surface area contributed by atoms with E-state index in [4.69, 9.17) is 0 Å². The van der Waals surface area contributed by atoms with E-state index < -0.39 is 5.97 Å². The molecule has 0 bridgehead atoms. The molecule has 0 heterocycles. The average molecular weight is 313 g/mol. The molecule has 0 atom stereocenters. The Kier molecular flexibility index (Phi) is 23.3. The van der Waals surface area contributed by atoms with Crippen molar-refractivity contribution in [2.75, 3.05) is 5.75 Å². The molecule has 0 saturated heterocycles. The zero-order valence-corrected chi connectivity index (χ0v) is 16.7. The number of aliphatic carboxylic acids is 1. The van der Waals surface area contributed by atoms with Crippen molar-refractivity contribution in [3.05, 3.63) is 0 Å². The molecule has 0 radical (unpaired) electrons. The van der Waals surface area contributed by atoms with Crippen molar-refractivity contribution in [2.45, 2.75) is 83.5 Å². The quantitative estimate of drug-likeness (QED) is 0.292. The van der Waals surface area contributed by atoms with Gasteiger partial charge in [-0.1, -0.05) is 64.2 Å². The molecule has 0 aliphatic carbocycles. The third-order valence-electron chi connectivity index (χ3n) is 3.29. The maximum atomic E-state index is 10.2. The Morgan fingerprint density at radius 1 is 0.684 bits per heavy atom. The summed E-state index contributed by atoms with van der Waals surface area (Å²) in [5, 5.41) is 10.2. The van der Waals surface area contributed by atoms with Crippen LogP contribution >= 0.6 is 12.6 Å². The van der Waals surface area contributed by atoms with Crippen LogP contribution in [0, 0.1) is 0 Å². The van der Waals surface area contributed by atoms with Gasteiger partial charge in [0.25, 0.3) is 0 Å². The molecule has 4 heteroatoms. The Hall–Kier alpha value is 1.46. The maximum Gasteiger partial charge on any atom is 1.00 e. The van der Waals surface area contributed by atoms with E-state index in [1.165, 1.54) is 64.2 Å². The molecule has 0 aromatic heterocycles. The Bertz CT molecular complexity index is 189. The van der Waals surface area contributed by atoms with Crippen molar-refractivity contribution in [3.63, 3.8) is 0 Å². The van der Waals surface area contributed by atoms with E-state index in [0.717, 1.165) is 18.6 Å². The molecule has 0 unspecified atom stereocenters. The smallest absolute Gasteiger partial charge is 0.550 e. The van der Waals surface area contributed by atoms with Gasteiger partial charge in [-0.2, -0.15) is 12.6 Å². The van der Waals surface area contributed by atoms with E-state index in [9.17, 15) is 9.90 Å². The molecule has 0 aromatic rings. The van der Waals surface area contributed by atoms with E-state index in [0.29, 0.717) is 0 Å². The van der Waals surface area contributed by atoms with E-state index in [-0.39, 0.29) is 57.8 Å². The number of unbranched alkanes of at least 4 members (excludes halogenated alkanes) is 11. The monoisotopic (exact) mass is 312 g/mol. The maximum absolute atomic E-state index is 10.2. The Labute approximate surface area is 167 Å². The Balaban J connectivity index is 0. The van der Waals surface area contributed by atoms with Crippen LogP contribution in [0.4, 0.5) is 0 Å². The fraction of sp³-hybridized carbons (Fsp3) is 0.933. The zero-order valence-electron chi connectivity index (χ0n) is 12.7. The molecule has 0 fully saturated rings. The summed E-state index contributed by atoms with van der Waals surface area (Å²) in [7, 11) is 0. The van der Waals surface area contributed by atoms with E-state index in [1.807, 2.05) is 0 Å². The van der Waals surface area contributed by atoms with Gasteiger partial charge in [-0.15, -0.1) is 0 Å². The van der Waals surface area contributed by atoms with Crippen LogP contribution in [0.1, 0.15) is 83.5 Å². The summed E-state index contributed by atoms with van der Waals surface area (Å²) in [4.78, 5) is 10.2. The van der Waals surface area contributed by atoms with Gasteiger partial charge < -0.3 is 9.90 Å². The summed E-state index contributed by atoms with van der Waals surface area (Å²) in [6.07, 6.45) is 15.2. The fourth-order valence-electron chi connectivity index (χ4n) is 2.15. The topological polar surface area (TPSA) is 40.1 Å². The van der Waals surface area contributed by atoms with Crippen LogP contribution in [-0.4, -0.2) is 11.7 Å². The zero-order chi connectivity index (χ0) is 13.5. The minimum absolute atomic E-state index is 0. The standard InChI is InChI=1S/C15H30O2S.K/c16-15(17)13-11-9-7-5-3-1-2-4-6-8-10-12-14-18;/h18H,1-14H2,(H,16,17);/q;+1/p-1. The number of carbonyl (C=O) groups excluding carboxylic acids is 1. The van der Waals surface area contributed by atoms with Crippen molar-refractivity contribution < 1.29 is 61.3 Å². The number of carbonyl (C=O) groups is 1. The molecule has 19 heavy (non-hydrogen) atoms. The third-order valence-corrected chi connectivity index (χ3v) is 3.61. The number of hydrogen-bond acceptors (Lipinski definition) is 3. The van der Waals surface area contributed by atoms with Crippen LogP contribution in [-0.2, 0) is 4.79 Å². The third kappa shape index (κ3) is 21.9. The predicted octanol–water partition coefficient (Wildman–Crippen LogP) is 0.741. The van der Waals surface area contributed by atoms with Crippen molar-refractivity contribution in [2.24, 2.45) is 0 Å². The van der Waals surface area contributed by atoms with Crippen LogP contribution in [0.25, 0.3) is 0 Å². The average Bonchev–Trinajstić information content (AvgIpc) is 2.34. The first-order chi connectivity index (χ1) is 8.77. The van der Waals surface area contributed by atoms with Crippen LogP contribution < -0.4 is 56.5 Å². The molecule has 0 aromatic carbocycles. The van der Waals surface area contributed by atoms with Gasteiger partial charge in [-0.05, 0) is 25.0 Å². The molecule has 0 N–H and O–H groups in total. The SMILES string of the molecule is O=C([O-])CCCCCCCCCCCCCCS.[K+]. The van der Waals surface area contributed by atoms with E-state index in [2.05, 4.69) is 12.6 Å². The summed E-state index contributed by atoms with van der Waals surface area (Å²) in [6, 6.07) is 0. The van der Waals surface area contributed by atoms with Gasteiger partial charge >= 0.3 is 51.4 Å². The van der Waals surface area contributed by atoms with Crippen LogP contribution in [0.2, 0.25) is 0 Å². The van der Waals surface area contributed by atoms with Crippen molar-refractivity contribution in [3.8, 4) is 0 Å². The largest absolute Gasteiger partial charge is 1.00 e. The molecule has 0 aliphatic rings. The molecule has 2 nitrogen and oxygen atoms in total. The normalized spacial score (nSPS) is 10.2. The van der Waals surface area contributed by atoms with Gasteiger partial charge in [-0.3, -0.25) is 0 Å². The second-order valence-electron chi connectivity index (χ2n) is 5.09. The summed E-state index contributed by atoms with van der Waals surface area (Å²) in [6.45, 7) is 0. The number of carboxylic acid groups (broad SMARTS) is 1. The van der Waals surface area contributed by atoms with Crippen molar-refractivity contribution in [1.82, 2.24) is 0 Å². The number of carboxylic acids is 1. The van der Waals surface area contributed by atoms with Gasteiger partial charge in [0.15, 0.2) is 0 Å². The second-order valence-corrected chi connectivity index (χ2v) is 5.54. The number of hydrogen-bond donors (Lipinski definition) is 1. The molecule has 0 rings (SSSR count). The summed E-state index contributed by atoms with van der Waals surface area (Å²) >= 11 is 4.20. The van der Waals surface area contributed by atoms with Crippen LogP contribution in [0.15, 0.2) is 0 Å². The minimum atomic E-state index is -0.909. The first-order valence-electron chi connectivity index (χ1n) is 7.58. The fourth-order valence-corrected chi connectivity index (χ4v) is 2.37. The molecule has 0 amide bonds. The molecule has 0 saturated carbocycles. The van der Waals surface area contributed by atoms with Gasteiger partial charge in [0, 0.05) is 5.97 Å². The molecule has 0 aliphatic heterocycles. The predicted molar refractivity (Wildman–Crippen MR) is 78.9 cm³/mol. The van der Waals surface area contributed by atoms with Crippen LogP contribution in [0.3, 0.4) is 0 Å². The van der Waals surface area contributed by atoms with Gasteiger partial charge in [-0.25, -0.2) is 0 Å².